The van der Waals surface area contributed by atoms with Gasteiger partial charge in [-0.25, -0.2) is 12.8 Å². The van der Waals surface area contributed by atoms with Gasteiger partial charge < -0.3 is 5.11 Å². The first kappa shape index (κ1) is 16.6. The van der Waals surface area contributed by atoms with Crippen molar-refractivity contribution in [1.29, 1.82) is 0 Å². The second kappa shape index (κ2) is 6.32. The van der Waals surface area contributed by atoms with Crippen LogP contribution in [-0.4, -0.2) is 25.5 Å². The number of hydrogen-bond acceptors (Lipinski definition) is 3. The standard InChI is InChI=1S/C13H18FNO4S/c1-4-8(2)12(13(16)17)15-20(18,19)11-6-5-10(14)7-9(11)3/h5-8,12,15H,4H2,1-3H3,(H,16,17)/t8-,12-/m0/s1. The molecule has 0 saturated heterocycles. The van der Waals surface area contributed by atoms with Crippen LogP contribution in [0, 0.1) is 18.7 Å². The highest BCUT2D eigenvalue weighted by molar-refractivity contribution is 7.89. The second-order valence-electron chi connectivity index (χ2n) is 4.73. The number of carbonyl (C=O) groups is 1. The lowest BCUT2D eigenvalue weighted by Crippen LogP contribution is -2.45. The number of halogens is 1. The number of hydrogen-bond donors (Lipinski definition) is 2. The molecule has 5 nitrogen and oxygen atoms in total. The third kappa shape index (κ3) is 3.77. The number of sulfonamides is 1. The van der Waals surface area contributed by atoms with E-state index < -0.39 is 27.9 Å². The summed E-state index contributed by atoms with van der Waals surface area (Å²) >= 11 is 0. The van der Waals surface area contributed by atoms with Crippen LogP contribution in [0.1, 0.15) is 25.8 Å². The molecule has 0 spiro atoms. The molecule has 0 heterocycles. The average Bonchev–Trinajstić information content (AvgIpc) is 2.34. The summed E-state index contributed by atoms with van der Waals surface area (Å²) in [5, 5.41) is 9.11. The van der Waals surface area contributed by atoms with Gasteiger partial charge in [0, 0.05) is 0 Å². The Hall–Kier alpha value is -1.47. The van der Waals surface area contributed by atoms with Crippen LogP contribution in [0.25, 0.3) is 0 Å². The van der Waals surface area contributed by atoms with E-state index in [0.29, 0.717) is 6.42 Å². The molecule has 2 atom stereocenters. The quantitative estimate of drug-likeness (QED) is 0.841. The molecule has 1 rings (SSSR count). The summed E-state index contributed by atoms with van der Waals surface area (Å²) in [7, 11) is -4.00. The minimum atomic E-state index is -4.00. The zero-order chi connectivity index (χ0) is 15.5. The molecule has 20 heavy (non-hydrogen) atoms. The van der Waals surface area contributed by atoms with Crippen LogP contribution in [0.4, 0.5) is 4.39 Å². The number of aryl methyl sites for hydroxylation is 1. The van der Waals surface area contributed by atoms with Crippen molar-refractivity contribution < 1.29 is 22.7 Å². The molecule has 0 aliphatic rings. The van der Waals surface area contributed by atoms with Gasteiger partial charge in [-0.15, -0.1) is 0 Å². The van der Waals surface area contributed by atoms with Crippen LogP contribution in [0.5, 0.6) is 0 Å². The summed E-state index contributed by atoms with van der Waals surface area (Å²) in [6.07, 6.45) is 0.516. The van der Waals surface area contributed by atoms with Gasteiger partial charge in [0.15, 0.2) is 0 Å². The molecule has 0 aromatic heterocycles. The molecule has 112 valence electrons. The SMILES string of the molecule is CC[C@H](C)[C@H](NS(=O)(=O)c1ccc(F)cc1C)C(=O)O. The van der Waals surface area contributed by atoms with Gasteiger partial charge in [0.25, 0.3) is 0 Å². The molecule has 0 radical (unpaired) electrons. The Labute approximate surface area is 117 Å². The molecule has 1 aromatic carbocycles. The maximum absolute atomic E-state index is 13.0. The first-order valence-corrected chi connectivity index (χ1v) is 7.68. The lowest BCUT2D eigenvalue weighted by atomic mass is 10.0. The molecule has 0 amide bonds. The van der Waals surface area contributed by atoms with Crippen LogP contribution < -0.4 is 4.72 Å². The monoisotopic (exact) mass is 303 g/mol. The van der Waals surface area contributed by atoms with Gasteiger partial charge in [0.05, 0.1) is 4.90 Å². The van der Waals surface area contributed by atoms with Crippen molar-refractivity contribution >= 4 is 16.0 Å². The first-order valence-electron chi connectivity index (χ1n) is 6.20. The van der Waals surface area contributed by atoms with Gasteiger partial charge >= 0.3 is 5.97 Å². The van der Waals surface area contributed by atoms with Gasteiger partial charge in [-0.1, -0.05) is 20.3 Å². The fourth-order valence-electron chi connectivity index (χ4n) is 1.79. The Morgan fingerprint density at radius 3 is 2.50 bits per heavy atom. The summed E-state index contributed by atoms with van der Waals surface area (Å²) in [6, 6.07) is 2.03. The molecule has 0 fully saturated rings. The molecule has 1 aromatic rings. The van der Waals surface area contributed by atoms with Crippen LogP contribution in [-0.2, 0) is 14.8 Å². The summed E-state index contributed by atoms with van der Waals surface area (Å²) in [4.78, 5) is 11.0. The number of nitrogens with one attached hydrogen (secondary N) is 1. The van der Waals surface area contributed by atoms with Gasteiger partial charge in [0.1, 0.15) is 11.9 Å². The van der Waals surface area contributed by atoms with E-state index in [4.69, 9.17) is 5.11 Å². The van der Waals surface area contributed by atoms with E-state index in [-0.39, 0.29) is 16.4 Å². The van der Waals surface area contributed by atoms with Crippen molar-refractivity contribution in [3.63, 3.8) is 0 Å². The Balaban J connectivity index is 3.13. The molecular formula is C13H18FNO4S. The lowest BCUT2D eigenvalue weighted by Gasteiger charge is -2.20. The first-order chi connectivity index (χ1) is 9.19. The summed E-state index contributed by atoms with van der Waals surface area (Å²) in [5.74, 6) is -2.14. The predicted octanol–water partition coefficient (Wildman–Crippen LogP) is 1.91. The van der Waals surface area contributed by atoms with E-state index in [2.05, 4.69) is 4.72 Å². The van der Waals surface area contributed by atoms with E-state index in [1.165, 1.54) is 6.92 Å². The highest BCUT2D eigenvalue weighted by Gasteiger charge is 2.30. The zero-order valence-corrected chi connectivity index (χ0v) is 12.4. The summed E-state index contributed by atoms with van der Waals surface area (Å²) in [5.41, 5.74) is 0.228. The van der Waals surface area contributed by atoms with Crippen molar-refractivity contribution in [1.82, 2.24) is 4.72 Å². The third-order valence-electron chi connectivity index (χ3n) is 3.19. The van der Waals surface area contributed by atoms with Crippen molar-refractivity contribution in [2.45, 2.75) is 38.1 Å². The largest absolute Gasteiger partial charge is 0.480 e. The predicted molar refractivity (Wildman–Crippen MR) is 72.3 cm³/mol. The van der Waals surface area contributed by atoms with Crippen molar-refractivity contribution in [3.8, 4) is 0 Å². The maximum atomic E-state index is 13.0. The smallest absolute Gasteiger partial charge is 0.322 e. The Morgan fingerprint density at radius 1 is 1.45 bits per heavy atom. The van der Waals surface area contributed by atoms with Crippen molar-refractivity contribution in [2.75, 3.05) is 0 Å². The minimum absolute atomic E-state index is 0.117. The van der Waals surface area contributed by atoms with Crippen LogP contribution >= 0.6 is 0 Å². The lowest BCUT2D eigenvalue weighted by molar-refractivity contribution is -0.140. The fourth-order valence-corrected chi connectivity index (χ4v) is 3.32. The number of rotatable bonds is 6. The van der Waals surface area contributed by atoms with Gasteiger partial charge in [0.2, 0.25) is 10.0 Å². The molecule has 0 aliphatic heterocycles. The molecule has 2 N–H and O–H groups in total. The average molecular weight is 303 g/mol. The number of aliphatic carboxylic acids is 1. The Kier molecular flexibility index (Phi) is 5.24. The van der Waals surface area contributed by atoms with Gasteiger partial charge in [-0.2, -0.15) is 4.72 Å². The molecule has 0 aliphatic carbocycles. The van der Waals surface area contributed by atoms with Gasteiger partial charge in [-0.05, 0) is 36.6 Å². The highest BCUT2D eigenvalue weighted by Crippen LogP contribution is 2.18. The molecular weight excluding hydrogens is 285 g/mol. The number of benzene rings is 1. The van der Waals surface area contributed by atoms with Crippen molar-refractivity contribution in [3.05, 3.63) is 29.6 Å². The van der Waals surface area contributed by atoms with E-state index in [1.807, 2.05) is 0 Å². The minimum Gasteiger partial charge on any atom is -0.480 e. The molecule has 0 unspecified atom stereocenters. The van der Waals surface area contributed by atoms with E-state index in [9.17, 15) is 17.6 Å². The number of carboxylic acid groups (broad SMARTS) is 1. The zero-order valence-electron chi connectivity index (χ0n) is 11.6. The molecule has 0 bridgehead atoms. The fraction of sp³-hybridized carbons (Fsp3) is 0.462. The van der Waals surface area contributed by atoms with Crippen molar-refractivity contribution in [2.24, 2.45) is 5.92 Å². The van der Waals surface area contributed by atoms with Crippen LogP contribution in [0.15, 0.2) is 23.1 Å². The second-order valence-corrected chi connectivity index (χ2v) is 6.41. The summed E-state index contributed by atoms with van der Waals surface area (Å²) < 4.78 is 39.6. The topological polar surface area (TPSA) is 83.5 Å². The van der Waals surface area contributed by atoms with Gasteiger partial charge in [-0.3, -0.25) is 4.79 Å². The third-order valence-corrected chi connectivity index (χ3v) is 4.79. The molecule has 0 saturated carbocycles. The normalized spacial score (nSPS) is 14.8. The van der Waals surface area contributed by atoms with Crippen LogP contribution in [0.3, 0.4) is 0 Å². The highest BCUT2D eigenvalue weighted by atomic mass is 32.2. The maximum Gasteiger partial charge on any atom is 0.322 e. The van der Waals surface area contributed by atoms with E-state index in [0.717, 1.165) is 18.2 Å². The Morgan fingerprint density at radius 2 is 2.05 bits per heavy atom. The number of carboxylic acids is 1. The van der Waals surface area contributed by atoms with E-state index in [1.54, 1.807) is 13.8 Å². The van der Waals surface area contributed by atoms with Crippen LogP contribution in [0.2, 0.25) is 0 Å². The Bertz CT molecular complexity index is 600. The summed E-state index contributed by atoms with van der Waals surface area (Å²) in [6.45, 7) is 4.88. The molecule has 7 heteroatoms. The van der Waals surface area contributed by atoms with E-state index >= 15 is 0 Å².